The lowest BCUT2D eigenvalue weighted by atomic mass is 10.1. The van der Waals surface area contributed by atoms with Gasteiger partial charge in [0.2, 0.25) is 0 Å². The number of ether oxygens (including phenoxy) is 1. The summed E-state index contributed by atoms with van der Waals surface area (Å²) in [6.07, 6.45) is 3.63. The van der Waals surface area contributed by atoms with Crippen LogP contribution >= 0.6 is 0 Å². The maximum Gasteiger partial charge on any atom is 0.147 e. The minimum absolute atomic E-state index is 0.152. The van der Waals surface area contributed by atoms with E-state index < -0.39 is 0 Å². The molecule has 0 amide bonds. The van der Waals surface area contributed by atoms with Gasteiger partial charge in [-0.15, -0.1) is 0 Å². The smallest absolute Gasteiger partial charge is 0.147 e. The largest absolute Gasteiger partial charge is 0.360 e. The quantitative estimate of drug-likeness (QED) is 0.524. The average Bonchev–Trinajstić information content (AvgIpc) is 1.88. The molecule has 0 aliphatic carbocycles. The number of rotatable bonds is 1. The first-order valence-corrected chi connectivity index (χ1v) is 3.39. The summed E-state index contributed by atoms with van der Waals surface area (Å²) in [5, 5.41) is 0. The van der Waals surface area contributed by atoms with E-state index in [1.54, 1.807) is 7.11 Å². The van der Waals surface area contributed by atoms with Gasteiger partial charge in [0.05, 0.1) is 0 Å². The van der Waals surface area contributed by atoms with Crippen molar-refractivity contribution >= 4 is 5.71 Å². The van der Waals surface area contributed by atoms with Gasteiger partial charge in [-0.3, -0.25) is 4.99 Å². The second-order valence-electron chi connectivity index (χ2n) is 2.45. The van der Waals surface area contributed by atoms with Crippen molar-refractivity contribution in [3.63, 3.8) is 0 Å². The molecule has 1 unspecified atom stereocenters. The zero-order valence-corrected chi connectivity index (χ0v) is 6.05. The van der Waals surface area contributed by atoms with Crippen molar-refractivity contribution in [3.8, 4) is 0 Å². The normalized spacial score (nSPS) is 27.8. The summed E-state index contributed by atoms with van der Waals surface area (Å²) in [6, 6.07) is 0. The van der Waals surface area contributed by atoms with Gasteiger partial charge in [0.1, 0.15) is 6.23 Å². The fraction of sp³-hybridized carbons (Fsp3) is 0.857. The van der Waals surface area contributed by atoms with E-state index in [0.717, 1.165) is 12.8 Å². The molecule has 1 aliphatic rings. The molecule has 0 fully saturated rings. The summed E-state index contributed by atoms with van der Waals surface area (Å²) in [5.74, 6) is 0. The van der Waals surface area contributed by atoms with Crippen LogP contribution in [0.25, 0.3) is 0 Å². The summed E-state index contributed by atoms with van der Waals surface area (Å²) >= 11 is 0. The Balaban J connectivity index is 2.47. The highest BCUT2D eigenvalue weighted by molar-refractivity contribution is 5.82. The minimum atomic E-state index is 0.152. The molecule has 2 nitrogen and oxygen atoms in total. The first-order chi connectivity index (χ1) is 4.33. The number of aliphatic imine (C=N–C) groups is 1. The SMILES string of the molecule is COC1CCCC(C)=N1. The molecule has 0 N–H and O–H groups in total. The van der Waals surface area contributed by atoms with Crippen LogP contribution in [0.4, 0.5) is 0 Å². The van der Waals surface area contributed by atoms with Gasteiger partial charge in [0, 0.05) is 12.8 Å². The molecule has 9 heavy (non-hydrogen) atoms. The van der Waals surface area contributed by atoms with Crippen LogP contribution < -0.4 is 0 Å². The van der Waals surface area contributed by atoms with Gasteiger partial charge in [-0.2, -0.15) is 0 Å². The highest BCUT2D eigenvalue weighted by Crippen LogP contribution is 2.12. The molecule has 1 atom stereocenters. The summed E-state index contributed by atoms with van der Waals surface area (Å²) < 4.78 is 5.07. The Morgan fingerprint density at radius 1 is 1.67 bits per heavy atom. The molecule has 0 aromatic heterocycles. The molecule has 0 bridgehead atoms. The van der Waals surface area contributed by atoms with Crippen molar-refractivity contribution < 1.29 is 4.74 Å². The Hall–Kier alpha value is -0.370. The fourth-order valence-electron chi connectivity index (χ4n) is 1.08. The maximum atomic E-state index is 5.07. The maximum absolute atomic E-state index is 5.07. The molecule has 1 rings (SSSR count). The van der Waals surface area contributed by atoms with Crippen LogP contribution in [0.1, 0.15) is 26.2 Å². The molecule has 2 heteroatoms. The van der Waals surface area contributed by atoms with Crippen LogP contribution in [-0.2, 0) is 4.74 Å². The Bertz CT molecular complexity index is 120. The van der Waals surface area contributed by atoms with E-state index in [1.165, 1.54) is 12.1 Å². The van der Waals surface area contributed by atoms with Crippen LogP contribution in [0.15, 0.2) is 4.99 Å². The van der Waals surface area contributed by atoms with E-state index in [-0.39, 0.29) is 6.23 Å². The Kier molecular flexibility index (Phi) is 2.22. The Morgan fingerprint density at radius 3 is 2.89 bits per heavy atom. The molecular weight excluding hydrogens is 114 g/mol. The number of hydrogen-bond acceptors (Lipinski definition) is 2. The molecule has 0 aromatic carbocycles. The highest BCUT2D eigenvalue weighted by atomic mass is 16.5. The van der Waals surface area contributed by atoms with Gasteiger partial charge in [-0.05, 0) is 26.2 Å². The van der Waals surface area contributed by atoms with E-state index in [4.69, 9.17) is 4.74 Å². The highest BCUT2D eigenvalue weighted by Gasteiger charge is 2.09. The van der Waals surface area contributed by atoms with Crippen molar-refractivity contribution in [2.75, 3.05) is 7.11 Å². The Morgan fingerprint density at radius 2 is 2.44 bits per heavy atom. The van der Waals surface area contributed by atoms with Crippen molar-refractivity contribution in [1.82, 2.24) is 0 Å². The molecule has 1 heterocycles. The van der Waals surface area contributed by atoms with E-state index in [0.29, 0.717) is 0 Å². The number of nitrogens with zero attached hydrogens (tertiary/aromatic N) is 1. The molecule has 1 aliphatic heterocycles. The van der Waals surface area contributed by atoms with Gasteiger partial charge in [-0.25, -0.2) is 0 Å². The lowest BCUT2D eigenvalue weighted by molar-refractivity contribution is 0.0976. The van der Waals surface area contributed by atoms with Crippen LogP contribution in [0, 0.1) is 0 Å². The van der Waals surface area contributed by atoms with Crippen molar-refractivity contribution in [2.24, 2.45) is 4.99 Å². The Labute approximate surface area is 55.9 Å². The van der Waals surface area contributed by atoms with Crippen molar-refractivity contribution in [3.05, 3.63) is 0 Å². The first-order valence-electron chi connectivity index (χ1n) is 3.39. The molecule has 52 valence electrons. The third-order valence-electron chi connectivity index (χ3n) is 1.63. The zero-order chi connectivity index (χ0) is 6.69. The standard InChI is InChI=1S/C7H13NO/c1-6-4-3-5-7(8-6)9-2/h7H,3-5H2,1-2H3. The first kappa shape index (κ1) is 6.75. The average molecular weight is 127 g/mol. The summed E-state index contributed by atoms with van der Waals surface area (Å²) in [4.78, 5) is 4.30. The van der Waals surface area contributed by atoms with Crippen LogP contribution in [0.3, 0.4) is 0 Å². The lowest BCUT2D eigenvalue weighted by Crippen LogP contribution is -2.14. The van der Waals surface area contributed by atoms with E-state index in [9.17, 15) is 0 Å². The molecule has 0 aromatic rings. The summed E-state index contributed by atoms with van der Waals surface area (Å²) in [6.45, 7) is 2.06. The van der Waals surface area contributed by atoms with Crippen LogP contribution in [-0.4, -0.2) is 19.0 Å². The molecule has 0 saturated heterocycles. The topological polar surface area (TPSA) is 21.6 Å². The van der Waals surface area contributed by atoms with Crippen LogP contribution in [0.2, 0.25) is 0 Å². The number of methoxy groups -OCH3 is 1. The monoisotopic (exact) mass is 127 g/mol. The van der Waals surface area contributed by atoms with E-state index in [2.05, 4.69) is 11.9 Å². The summed E-state index contributed by atoms with van der Waals surface area (Å²) in [5.41, 5.74) is 1.23. The van der Waals surface area contributed by atoms with E-state index in [1.807, 2.05) is 0 Å². The second kappa shape index (κ2) is 2.97. The molecular formula is C7H13NO. The summed E-state index contributed by atoms with van der Waals surface area (Å²) in [7, 11) is 1.72. The van der Waals surface area contributed by atoms with Gasteiger partial charge in [0.15, 0.2) is 0 Å². The van der Waals surface area contributed by atoms with E-state index >= 15 is 0 Å². The third kappa shape index (κ3) is 1.79. The molecule has 0 radical (unpaired) electrons. The van der Waals surface area contributed by atoms with Crippen molar-refractivity contribution in [2.45, 2.75) is 32.4 Å². The van der Waals surface area contributed by atoms with Gasteiger partial charge in [-0.1, -0.05) is 0 Å². The predicted octanol–water partition coefficient (Wildman–Crippen LogP) is 1.60. The molecule has 0 spiro atoms. The third-order valence-corrected chi connectivity index (χ3v) is 1.63. The van der Waals surface area contributed by atoms with Gasteiger partial charge < -0.3 is 4.74 Å². The minimum Gasteiger partial charge on any atom is -0.360 e. The number of hydrogen-bond donors (Lipinski definition) is 0. The molecule has 0 saturated carbocycles. The predicted molar refractivity (Wildman–Crippen MR) is 37.8 cm³/mol. The lowest BCUT2D eigenvalue weighted by Gasteiger charge is -2.16. The fourth-order valence-corrected chi connectivity index (χ4v) is 1.08. The van der Waals surface area contributed by atoms with Crippen molar-refractivity contribution in [1.29, 1.82) is 0 Å². The van der Waals surface area contributed by atoms with Gasteiger partial charge >= 0.3 is 0 Å². The van der Waals surface area contributed by atoms with Gasteiger partial charge in [0.25, 0.3) is 0 Å². The zero-order valence-electron chi connectivity index (χ0n) is 6.05. The second-order valence-corrected chi connectivity index (χ2v) is 2.45. The van der Waals surface area contributed by atoms with Crippen LogP contribution in [0.5, 0.6) is 0 Å².